The Hall–Kier alpha value is -2.27. The summed E-state index contributed by atoms with van der Waals surface area (Å²) in [7, 11) is 0. The summed E-state index contributed by atoms with van der Waals surface area (Å²) in [5.41, 5.74) is 3.84. The lowest BCUT2D eigenvalue weighted by atomic mass is 9.97. The van der Waals surface area contributed by atoms with Crippen molar-refractivity contribution >= 4 is 5.91 Å². The normalized spacial score (nSPS) is 22.5. The van der Waals surface area contributed by atoms with Crippen molar-refractivity contribution in [3.63, 3.8) is 0 Å². The number of amides is 1. The van der Waals surface area contributed by atoms with Crippen LogP contribution in [0.4, 0.5) is 0 Å². The van der Waals surface area contributed by atoms with E-state index in [9.17, 15) is 9.90 Å². The number of morpholine rings is 1. The Balaban J connectivity index is 1.89. The third-order valence-electron chi connectivity index (χ3n) is 4.46. The van der Waals surface area contributed by atoms with Crippen LogP contribution >= 0.6 is 0 Å². The maximum atomic E-state index is 12.1. The minimum Gasteiger partial charge on any atom is -0.508 e. The van der Waals surface area contributed by atoms with Gasteiger partial charge in [-0.15, -0.1) is 0 Å². The molecule has 0 bridgehead atoms. The molecule has 1 aromatic carbocycles. The van der Waals surface area contributed by atoms with E-state index >= 15 is 0 Å². The zero-order valence-electron chi connectivity index (χ0n) is 13.5. The van der Waals surface area contributed by atoms with Crippen molar-refractivity contribution < 1.29 is 14.6 Å². The summed E-state index contributed by atoms with van der Waals surface area (Å²) in [4.78, 5) is 14.4. The van der Waals surface area contributed by atoms with E-state index < -0.39 is 0 Å². The topological polar surface area (TPSA) is 61.8 Å². The van der Waals surface area contributed by atoms with Crippen molar-refractivity contribution in [1.29, 1.82) is 0 Å². The van der Waals surface area contributed by atoms with Crippen LogP contribution in [0.15, 0.2) is 47.2 Å². The van der Waals surface area contributed by atoms with Crippen molar-refractivity contribution in [3.8, 4) is 5.75 Å². The molecular formula is C18H22N2O3. The molecule has 1 aromatic rings. The molecule has 2 aliphatic rings. The molecule has 5 nitrogen and oxygen atoms in total. The smallest absolute Gasteiger partial charge is 0.248 e. The third kappa shape index (κ3) is 3.24. The first kappa shape index (κ1) is 15.6. The van der Waals surface area contributed by atoms with E-state index in [1.165, 1.54) is 0 Å². The van der Waals surface area contributed by atoms with Crippen LogP contribution in [-0.2, 0) is 9.53 Å². The first-order valence-corrected chi connectivity index (χ1v) is 7.88. The van der Waals surface area contributed by atoms with Gasteiger partial charge in [-0.2, -0.15) is 0 Å². The highest BCUT2D eigenvalue weighted by Crippen LogP contribution is 2.32. The number of hydrogen-bond acceptors (Lipinski definition) is 4. The van der Waals surface area contributed by atoms with E-state index in [2.05, 4.69) is 23.2 Å². The quantitative estimate of drug-likeness (QED) is 0.897. The molecule has 1 fully saturated rings. The second-order valence-electron chi connectivity index (χ2n) is 5.96. The fraction of sp³-hybridized carbons (Fsp3) is 0.389. The van der Waals surface area contributed by atoms with Crippen LogP contribution in [0, 0.1) is 0 Å². The van der Waals surface area contributed by atoms with Crippen LogP contribution in [0.3, 0.4) is 0 Å². The Labute approximate surface area is 136 Å². The number of phenolic OH excluding ortho intramolecular Hbond substituents is 1. The summed E-state index contributed by atoms with van der Waals surface area (Å²) in [5.74, 6) is 0.185. The van der Waals surface area contributed by atoms with Crippen LogP contribution in [0.2, 0.25) is 0 Å². The number of nitrogens with one attached hydrogen (secondary N) is 1. The predicted molar refractivity (Wildman–Crippen MR) is 87.8 cm³/mol. The number of nitrogens with zero attached hydrogens (tertiary/aromatic N) is 1. The number of benzene rings is 1. The van der Waals surface area contributed by atoms with E-state index in [1.807, 2.05) is 19.1 Å². The monoisotopic (exact) mass is 314 g/mol. The summed E-state index contributed by atoms with van der Waals surface area (Å²) in [5, 5.41) is 12.5. The molecule has 1 saturated heterocycles. The van der Waals surface area contributed by atoms with Gasteiger partial charge in [0, 0.05) is 24.4 Å². The number of ether oxygens (including phenoxy) is 1. The van der Waals surface area contributed by atoms with Gasteiger partial charge in [-0.3, -0.25) is 4.79 Å². The summed E-state index contributed by atoms with van der Waals surface area (Å²) >= 11 is 0. The van der Waals surface area contributed by atoms with Gasteiger partial charge in [0.05, 0.1) is 19.3 Å². The van der Waals surface area contributed by atoms with Gasteiger partial charge in [0.1, 0.15) is 5.75 Å². The lowest BCUT2D eigenvalue weighted by Crippen LogP contribution is -2.34. The van der Waals surface area contributed by atoms with E-state index in [0.29, 0.717) is 0 Å². The molecule has 1 atom stereocenters. The van der Waals surface area contributed by atoms with E-state index in [-0.39, 0.29) is 17.7 Å². The van der Waals surface area contributed by atoms with Crippen molar-refractivity contribution in [2.45, 2.75) is 19.9 Å². The molecule has 0 aromatic heterocycles. The molecule has 2 heterocycles. The Kier molecular flexibility index (Phi) is 4.39. The van der Waals surface area contributed by atoms with Gasteiger partial charge in [0.15, 0.2) is 0 Å². The molecule has 5 heteroatoms. The summed E-state index contributed by atoms with van der Waals surface area (Å²) in [6.07, 6.45) is 2.09. The molecule has 3 rings (SSSR count). The van der Waals surface area contributed by atoms with E-state index in [0.717, 1.165) is 48.7 Å². The van der Waals surface area contributed by atoms with Crippen molar-refractivity contribution in [2.24, 2.45) is 0 Å². The molecule has 1 unspecified atom stereocenters. The molecule has 2 aliphatic heterocycles. The van der Waals surface area contributed by atoms with E-state index in [1.54, 1.807) is 12.1 Å². The molecule has 0 aliphatic carbocycles. The van der Waals surface area contributed by atoms with Crippen LogP contribution in [0.1, 0.15) is 25.5 Å². The summed E-state index contributed by atoms with van der Waals surface area (Å²) in [6.45, 7) is 7.15. The molecule has 0 radical (unpaired) electrons. The third-order valence-corrected chi connectivity index (χ3v) is 4.46. The first-order valence-electron chi connectivity index (χ1n) is 7.88. The van der Waals surface area contributed by atoms with Crippen molar-refractivity contribution in [3.05, 3.63) is 52.7 Å². The minimum absolute atomic E-state index is 0.0379. The van der Waals surface area contributed by atoms with Gasteiger partial charge in [-0.25, -0.2) is 0 Å². The maximum absolute atomic E-state index is 12.1. The number of rotatable bonds is 3. The van der Waals surface area contributed by atoms with E-state index in [4.69, 9.17) is 4.74 Å². The Morgan fingerprint density at radius 2 is 1.96 bits per heavy atom. The zero-order valence-corrected chi connectivity index (χ0v) is 13.5. The lowest BCUT2D eigenvalue weighted by Gasteiger charge is -2.30. The van der Waals surface area contributed by atoms with Gasteiger partial charge < -0.3 is 20.1 Å². The Morgan fingerprint density at radius 1 is 1.30 bits per heavy atom. The number of carbonyl (C=O) groups excluding carboxylic acids is 1. The van der Waals surface area contributed by atoms with Gasteiger partial charge >= 0.3 is 0 Å². The number of aromatic hydroxyl groups is 1. The SMILES string of the molecule is CC1=C(/C=C(\C)N2CCOCC2)C(c2ccc(O)cc2)NC1=O. The van der Waals surface area contributed by atoms with Crippen LogP contribution in [0.5, 0.6) is 5.75 Å². The Morgan fingerprint density at radius 3 is 2.61 bits per heavy atom. The zero-order chi connectivity index (χ0) is 16.4. The van der Waals surface area contributed by atoms with Gasteiger partial charge in [-0.05, 0) is 43.2 Å². The van der Waals surface area contributed by atoms with Crippen LogP contribution in [-0.4, -0.2) is 42.2 Å². The highest BCUT2D eigenvalue weighted by atomic mass is 16.5. The highest BCUT2D eigenvalue weighted by molar-refractivity contribution is 5.98. The summed E-state index contributed by atoms with van der Waals surface area (Å²) in [6, 6.07) is 6.81. The fourth-order valence-corrected chi connectivity index (χ4v) is 3.02. The second kappa shape index (κ2) is 6.46. The molecule has 2 N–H and O–H groups in total. The number of carbonyl (C=O) groups is 1. The maximum Gasteiger partial charge on any atom is 0.248 e. The summed E-state index contributed by atoms with van der Waals surface area (Å²) < 4.78 is 5.39. The minimum atomic E-state index is -0.168. The molecule has 0 spiro atoms. The Bertz CT molecular complexity index is 655. The molecule has 1 amide bonds. The molecule has 0 saturated carbocycles. The number of allylic oxidation sites excluding steroid dienone is 1. The average Bonchev–Trinajstić information content (AvgIpc) is 2.85. The predicted octanol–water partition coefficient (Wildman–Crippen LogP) is 2.12. The van der Waals surface area contributed by atoms with Crippen molar-refractivity contribution in [2.75, 3.05) is 26.3 Å². The van der Waals surface area contributed by atoms with Gasteiger partial charge in [-0.1, -0.05) is 12.1 Å². The highest BCUT2D eigenvalue weighted by Gasteiger charge is 2.29. The van der Waals surface area contributed by atoms with Gasteiger partial charge in [0.2, 0.25) is 5.91 Å². The largest absolute Gasteiger partial charge is 0.508 e. The standard InChI is InChI=1S/C18H22N2O3/c1-12(20-7-9-23-10-8-20)11-16-13(2)18(22)19-17(16)14-3-5-15(21)6-4-14/h3-6,11,17,21H,7-10H2,1-2H3,(H,19,22)/b12-11+. The van der Waals surface area contributed by atoms with Crippen LogP contribution in [0.25, 0.3) is 0 Å². The number of hydrogen-bond donors (Lipinski definition) is 2. The van der Waals surface area contributed by atoms with Gasteiger partial charge in [0.25, 0.3) is 0 Å². The number of phenols is 1. The van der Waals surface area contributed by atoms with Crippen molar-refractivity contribution in [1.82, 2.24) is 10.2 Å². The molecule has 122 valence electrons. The fourth-order valence-electron chi connectivity index (χ4n) is 3.02. The second-order valence-corrected chi connectivity index (χ2v) is 5.96. The first-order chi connectivity index (χ1) is 11.1. The average molecular weight is 314 g/mol. The van der Waals surface area contributed by atoms with Crippen LogP contribution < -0.4 is 5.32 Å². The lowest BCUT2D eigenvalue weighted by molar-refractivity contribution is -0.117. The molecular weight excluding hydrogens is 292 g/mol. The molecule has 23 heavy (non-hydrogen) atoms.